The number of amides is 1. The van der Waals surface area contributed by atoms with Crippen LogP contribution >= 0.6 is 0 Å². The van der Waals surface area contributed by atoms with E-state index in [0.29, 0.717) is 12.1 Å². The molecule has 3 heteroatoms. The molecule has 0 spiro atoms. The Kier molecular flexibility index (Phi) is 5.16. The standard InChI is InChI=1S/C18H25NO2/c1-4-5-6-7-8-9-10-19-16-14(3)11-13(2)12-15(16)17(20)18(19)21/h11-12H,4-10H2,1-3H3. The Morgan fingerprint density at radius 1 is 0.952 bits per heavy atom. The molecular formula is C18H25NO2. The Balaban J connectivity index is 2.02. The molecule has 1 aromatic carbocycles. The lowest BCUT2D eigenvalue weighted by Gasteiger charge is -2.18. The van der Waals surface area contributed by atoms with Gasteiger partial charge in [-0.3, -0.25) is 9.59 Å². The molecule has 0 N–H and O–H groups in total. The van der Waals surface area contributed by atoms with E-state index in [1.54, 1.807) is 4.90 Å². The highest BCUT2D eigenvalue weighted by atomic mass is 16.2. The first-order chi connectivity index (χ1) is 10.1. The molecule has 0 bridgehead atoms. The maximum Gasteiger partial charge on any atom is 0.299 e. The Morgan fingerprint density at radius 3 is 2.33 bits per heavy atom. The average molecular weight is 287 g/mol. The minimum Gasteiger partial charge on any atom is -0.304 e. The van der Waals surface area contributed by atoms with E-state index in [-0.39, 0.29) is 11.7 Å². The summed E-state index contributed by atoms with van der Waals surface area (Å²) in [5, 5.41) is 0. The van der Waals surface area contributed by atoms with Crippen LogP contribution in [-0.2, 0) is 4.79 Å². The molecule has 0 unspecified atom stereocenters. The van der Waals surface area contributed by atoms with Crippen LogP contribution < -0.4 is 4.90 Å². The average Bonchev–Trinajstić information content (AvgIpc) is 2.68. The Bertz CT molecular complexity index is 548. The minimum atomic E-state index is -0.354. The van der Waals surface area contributed by atoms with Gasteiger partial charge in [-0.1, -0.05) is 45.1 Å². The van der Waals surface area contributed by atoms with E-state index in [1.165, 1.54) is 25.7 Å². The summed E-state index contributed by atoms with van der Waals surface area (Å²) < 4.78 is 0. The van der Waals surface area contributed by atoms with Crippen molar-refractivity contribution in [2.24, 2.45) is 0 Å². The first-order valence-electron chi connectivity index (χ1n) is 8.03. The second kappa shape index (κ2) is 6.88. The lowest BCUT2D eigenvalue weighted by molar-refractivity contribution is -0.114. The molecule has 1 heterocycles. The van der Waals surface area contributed by atoms with Crippen LogP contribution in [0.4, 0.5) is 5.69 Å². The molecule has 1 amide bonds. The van der Waals surface area contributed by atoms with E-state index < -0.39 is 0 Å². The molecule has 0 radical (unpaired) electrons. The van der Waals surface area contributed by atoms with Crippen LogP contribution in [0.25, 0.3) is 0 Å². The van der Waals surface area contributed by atoms with E-state index in [2.05, 4.69) is 6.92 Å². The van der Waals surface area contributed by atoms with Crippen LogP contribution in [0.15, 0.2) is 12.1 Å². The van der Waals surface area contributed by atoms with Gasteiger partial charge in [0.15, 0.2) is 0 Å². The maximum absolute atomic E-state index is 12.2. The molecule has 0 atom stereocenters. The molecule has 0 saturated carbocycles. The zero-order chi connectivity index (χ0) is 15.4. The molecule has 1 aromatic rings. The summed E-state index contributed by atoms with van der Waals surface area (Å²) in [6, 6.07) is 3.88. The third kappa shape index (κ3) is 3.34. The summed E-state index contributed by atoms with van der Waals surface area (Å²) in [6.07, 6.45) is 7.09. The van der Waals surface area contributed by atoms with Gasteiger partial charge in [-0.15, -0.1) is 0 Å². The van der Waals surface area contributed by atoms with Crippen molar-refractivity contribution in [3.05, 3.63) is 28.8 Å². The van der Waals surface area contributed by atoms with Gasteiger partial charge in [-0.05, 0) is 37.5 Å². The van der Waals surface area contributed by atoms with Gasteiger partial charge in [0.05, 0.1) is 11.3 Å². The summed E-state index contributed by atoms with van der Waals surface area (Å²) in [7, 11) is 0. The van der Waals surface area contributed by atoms with Crippen LogP contribution in [0.5, 0.6) is 0 Å². The lowest BCUT2D eigenvalue weighted by atomic mass is 10.0. The number of carbonyl (C=O) groups excluding carboxylic acids is 2. The normalized spacial score (nSPS) is 14.0. The predicted molar refractivity (Wildman–Crippen MR) is 86.0 cm³/mol. The molecular weight excluding hydrogens is 262 g/mol. The smallest absolute Gasteiger partial charge is 0.299 e. The van der Waals surface area contributed by atoms with E-state index >= 15 is 0 Å². The van der Waals surface area contributed by atoms with Gasteiger partial charge in [-0.25, -0.2) is 0 Å². The maximum atomic E-state index is 12.2. The predicted octanol–water partition coefficient (Wildman–Crippen LogP) is 4.19. The third-order valence-electron chi connectivity index (χ3n) is 4.13. The molecule has 114 valence electrons. The number of anilines is 1. The Hall–Kier alpha value is -1.64. The molecule has 1 aliphatic rings. The Labute approximate surface area is 127 Å². The van der Waals surface area contributed by atoms with Gasteiger partial charge in [0.1, 0.15) is 0 Å². The van der Waals surface area contributed by atoms with Crippen LogP contribution in [0, 0.1) is 13.8 Å². The van der Waals surface area contributed by atoms with Crippen molar-refractivity contribution in [3.8, 4) is 0 Å². The number of benzene rings is 1. The highest BCUT2D eigenvalue weighted by Gasteiger charge is 2.36. The van der Waals surface area contributed by atoms with Crippen molar-refractivity contribution in [1.82, 2.24) is 0 Å². The molecule has 0 saturated heterocycles. The van der Waals surface area contributed by atoms with Gasteiger partial charge in [-0.2, -0.15) is 0 Å². The highest BCUT2D eigenvalue weighted by Crippen LogP contribution is 2.33. The van der Waals surface area contributed by atoms with Gasteiger partial charge >= 0.3 is 0 Å². The van der Waals surface area contributed by atoms with Crippen molar-refractivity contribution >= 4 is 17.4 Å². The fourth-order valence-electron chi connectivity index (χ4n) is 3.09. The zero-order valence-corrected chi connectivity index (χ0v) is 13.4. The highest BCUT2D eigenvalue weighted by molar-refractivity contribution is 6.52. The number of hydrogen-bond donors (Lipinski definition) is 0. The van der Waals surface area contributed by atoms with Crippen molar-refractivity contribution in [2.45, 2.75) is 59.3 Å². The topological polar surface area (TPSA) is 37.4 Å². The largest absolute Gasteiger partial charge is 0.304 e. The van der Waals surface area contributed by atoms with Crippen molar-refractivity contribution < 1.29 is 9.59 Å². The third-order valence-corrected chi connectivity index (χ3v) is 4.13. The Morgan fingerprint density at radius 2 is 1.62 bits per heavy atom. The number of unbranched alkanes of at least 4 members (excludes halogenated alkanes) is 5. The van der Waals surface area contributed by atoms with E-state index in [1.807, 2.05) is 26.0 Å². The van der Waals surface area contributed by atoms with E-state index in [0.717, 1.165) is 29.7 Å². The lowest BCUT2D eigenvalue weighted by Crippen LogP contribution is -2.31. The van der Waals surface area contributed by atoms with Crippen molar-refractivity contribution in [1.29, 1.82) is 0 Å². The first kappa shape index (κ1) is 15.7. The number of Topliss-reactive ketones (excluding diaryl/α,β-unsaturated/α-hetero) is 1. The summed E-state index contributed by atoms with van der Waals surface area (Å²) in [5.41, 5.74) is 3.48. The number of aryl methyl sites for hydroxylation is 2. The van der Waals surface area contributed by atoms with Crippen molar-refractivity contribution in [2.75, 3.05) is 11.4 Å². The van der Waals surface area contributed by atoms with Crippen LogP contribution in [0.3, 0.4) is 0 Å². The van der Waals surface area contributed by atoms with Gasteiger partial charge < -0.3 is 4.90 Å². The minimum absolute atomic E-state index is 0.345. The molecule has 3 nitrogen and oxygen atoms in total. The zero-order valence-electron chi connectivity index (χ0n) is 13.4. The monoisotopic (exact) mass is 287 g/mol. The van der Waals surface area contributed by atoms with Gasteiger partial charge in [0.2, 0.25) is 0 Å². The van der Waals surface area contributed by atoms with Gasteiger partial charge in [0, 0.05) is 6.54 Å². The molecule has 0 aliphatic carbocycles. The number of hydrogen-bond acceptors (Lipinski definition) is 2. The number of nitrogens with zero attached hydrogens (tertiary/aromatic N) is 1. The molecule has 1 aliphatic heterocycles. The van der Waals surface area contributed by atoms with E-state index in [4.69, 9.17) is 0 Å². The van der Waals surface area contributed by atoms with Crippen molar-refractivity contribution in [3.63, 3.8) is 0 Å². The second-order valence-electron chi connectivity index (χ2n) is 6.03. The number of ketones is 1. The number of rotatable bonds is 7. The summed E-state index contributed by atoms with van der Waals surface area (Å²) in [6.45, 7) is 6.80. The second-order valence-corrected chi connectivity index (χ2v) is 6.03. The SMILES string of the molecule is CCCCCCCCN1C(=O)C(=O)c2cc(C)cc(C)c21. The molecule has 2 rings (SSSR count). The number of carbonyl (C=O) groups is 2. The van der Waals surface area contributed by atoms with E-state index in [9.17, 15) is 9.59 Å². The van der Waals surface area contributed by atoms with Crippen LogP contribution in [0.2, 0.25) is 0 Å². The quantitative estimate of drug-likeness (QED) is 0.557. The van der Waals surface area contributed by atoms with Gasteiger partial charge in [0.25, 0.3) is 11.7 Å². The van der Waals surface area contributed by atoms with Crippen LogP contribution in [-0.4, -0.2) is 18.2 Å². The molecule has 0 aromatic heterocycles. The summed E-state index contributed by atoms with van der Waals surface area (Å²) in [4.78, 5) is 25.9. The summed E-state index contributed by atoms with van der Waals surface area (Å²) >= 11 is 0. The molecule has 0 fully saturated rings. The molecule has 21 heavy (non-hydrogen) atoms. The fourth-order valence-corrected chi connectivity index (χ4v) is 3.09. The van der Waals surface area contributed by atoms with Crippen LogP contribution in [0.1, 0.15) is 66.9 Å². The number of fused-ring (bicyclic) bond motifs is 1. The fraction of sp³-hybridized carbons (Fsp3) is 0.556. The first-order valence-corrected chi connectivity index (χ1v) is 8.03. The summed E-state index contributed by atoms with van der Waals surface area (Å²) in [5.74, 6) is -0.699.